The van der Waals surface area contributed by atoms with Gasteiger partial charge in [0.15, 0.2) is 0 Å². The summed E-state index contributed by atoms with van der Waals surface area (Å²) in [5, 5.41) is 9.60. The standard InChI is InChI=1S/C22H24ClNO3/c1-3-24(22(27)16-5-6-16)13-18-8-14(2)4-7-20(18)17-9-15(11-21(25)26)10-19(23)12-17/h4,7-10,12,16H,3,5-6,11,13H2,1-2H3,(H,25,26). The van der Waals surface area contributed by atoms with Gasteiger partial charge in [-0.15, -0.1) is 0 Å². The van der Waals surface area contributed by atoms with Crippen molar-refractivity contribution in [2.45, 2.75) is 39.7 Å². The molecule has 0 radical (unpaired) electrons. The summed E-state index contributed by atoms with van der Waals surface area (Å²) in [7, 11) is 0. The van der Waals surface area contributed by atoms with Gasteiger partial charge in [-0.2, -0.15) is 0 Å². The molecule has 0 spiro atoms. The Hall–Kier alpha value is -2.33. The van der Waals surface area contributed by atoms with Gasteiger partial charge in [0.25, 0.3) is 0 Å². The third kappa shape index (κ3) is 4.89. The second-order valence-corrected chi connectivity index (χ2v) is 7.64. The molecule has 5 heteroatoms. The summed E-state index contributed by atoms with van der Waals surface area (Å²) >= 11 is 6.24. The Morgan fingerprint density at radius 3 is 2.56 bits per heavy atom. The largest absolute Gasteiger partial charge is 0.481 e. The fraction of sp³-hybridized carbons (Fsp3) is 0.364. The number of hydrogen-bond acceptors (Lipinski definition) is 2. The first-order chi connectivity index (χ1) is 12.9. The van der Waals surface area contributed by atoms with Gasteiger partial charge in [-0.3, -0.25) is 9.59 Å². The zero-order valence-corrected chi connectivity index (χ0v) is 16.4. The van der Waals surface area contributed by atoms with E-state index in [1.165, 1.54) is 0 Å². The predicted molar refractivity (Wildman–Crippen MR) is 107 cm³/mol. The molecule has 1 aliphatic carbocycles. The van der Waals surface area contributed by atoms with Crippen molar-refractivity contribution in [3.8, 4) is 11.1 Å². The lowest BCUT2D eigenvalue weighted by atomic mass is 9.95. The smallest absolute Gasteiger partial charge is 0.307 e. The third-order valence-electron chi connectivity index (χ3n) is 4.87. The normalized spacial score (nSPS) is 13.4. The first kappa shape index (κ1) is 19.4. The number of benzene rings is 2. The van der Waals surface area contributed by atoms with Crippen molar-refractivity contribution in [3.05, 3.63) is 58.1 Å². The van der Waals surface area contributed by atoms with Gasteiger partial charge in [-0.25, -0.2) is 0 Å². The van der Waals surface area contributed by atoms with E-state index in [1.807, 2.05) is 43.0 Å². The average molecular weight is 386 g/mol. The zero-order valence-electron chi connectivity index (χ0n) is 15.7. The van der Waals surface area contributed by atoms with E-state index in [9.17, 15) is 9.59 Å². The summed E-state index contributed by atoms with van der Waals surface area (Å²) in [5.41, 5.74) is 4.70. The summed E-state index contributed by atoms with van der Waals surface area (Å²) in [6.07, 6.45) is 1.90. The summed E-state index contributed by atoms with van der Waals surface area (Å²) in [6.45, 7) is 5.24. The predicted octanol–water partition coefficient (Wildman–Crippen LogP) is 4.70. The van der Waals surface area contributed by atoms with Crippen LogP contribution in [0.2, 0.25) is 5.02 Å². The molecule has 0 atom stereocenters. The fourth-order valence-corrected chi connectivity index (χ4v) is 3.61. The molecule has 142 valence electrons. The fourth-order valence-electron chi connectivity index (χ4n) is 3.36. The van der Waals surface area contributed by atoms with Gasteiger partial charge in [0, 0.05) is 24.0 Å². The Balaban J connectivity index is 1.97. The first-order valence-electron chi connectivity index (χ1n) is 9.27. The van der Waals surface area contributed by atoms with E-state index in [4.69, 9.17) is 16.7 Å². The van der Waals surface area contributed by atoms with Crippen LogP contribution in [-0.2, 0) is 22.6 Å². The minimum absolute atomic E-state index is 0.0734. The van der Waals surface area contributed by atoms with Crippen LogP contribution in [0.5, 0.6) is 0 Å². The SMILES string of the molecule is CCN(Cc1cc(C)ccc1-c1cc(Cl)cc(CC(=O)O)c1)C(=O)C1CC1. The Morgan fingerprint density at radius 2 is 1.93 bits per heavy atom. The molecule has 0 aromatic heterocycles. The van der Waals surface area contributed by atoms with Crippen molar-refractivity contribution in [2.75, 3.05) is 6.54 Å². The zero-order chi connectivity index (χ0) is 19.6. The molecule has 2 aromatic carbocycles. The first-order valence-corrected chi connectivity index (χ1v) is 9.65. The molecule has 1 amide bonds. The maximum atomic E-state index is 12.5. The molecule has 0 aliphatic heterocycles. The molecule has 0 unspecified atom stereocenters. The van der Waals surface area contributed by atoms with E-state index in [0.29, 0.717) is 23.7 Å². The number of carboxylic acids is 1. The van der Waals surface area contributed by atoms with E-state index in [2.05, 4.69) is 6.07 Å². The van der Waals surface area contributed by atoms with Crippen LogP contribution in [0.4, 0.5) is 0 Å². The van der Waals surface area contributed by atoms with Gasteiger partial charge in [0.1, 0.15) is 0 Å². The van der Waals surface area contributed by atoms with Gasteiger partial charge < -0.3 is 10.0 Å². The summed E-state index contributed by atoms with van der Waals surface area (Å²) in [4.78, 5) is 25.5. The van der Waals surface area contributed by atoms with Crippen molar-refractivity contribution in [1.29, 1.82) is 0 Å². The van der Waals surface area contributed by atoms with Crippen LogP contribution in [0.3, 0.4) is 0 Å². The number of amides is 1. The Bertz CT molecular complexity index is 874. The summed E-state index contributed by atoms with van der Waals surface area (Å²) < 4.78 is 0. The quantitative estimate of drug-likeness (QED) is 0.751. The van der Waals surface area contributed by atoms with Crippen molar-refractivity contribution >= 4 is 23.5 Å². The number of carbonyl (C=O) groups excluding carboxylic acids is 1. The van der Waals surface area contributed by atoms with Gasteiger partial charge in [0.2, 0.25) is 5.91 Å². The van der Waals surface area contributed by atoms with Gasteiger partial charge in [-0.05, 0) is 61.1 Å². The van der Waals surface area contributed by atoms with Crippen molar-refractivity contribution < 1.29 is 14.7 Å². The molecule has 1 saturated carbocycles. The van der Waals surface area contributed by atoms with Crippen LogP contribution in [0, 0.1) is 12.8 Å². The highest BCUT2D eigenvalue weighted by molar-refractivity contribution is 6.31. The number of nitrogens with zero attached hydrogens (tertiary/aromatic N) is 1. The topological polar surface area (TPSA) is 57.6 Å². The molecular weight excluding hydrogens is 362 g/mol. The van der Waals surface area contributed by atoms with Crippen LogP contribution >= 0.6 is 11.6 Å². The molecular formula is C22H24ClNO3. The highest BCUT2D eigenvalue weighted by atomic mass is 35.5. The van der Waals surface area contributed by atoms with Crippen LogP contribution in [0.1, 0.15) is 36.5 Å². The van der Waals surface area contributed by atoms with Crippen molar-refractivity contribution in [1.82, 2.24) is 4.90 Å². The molecule has 2 aromatic rings. The molecule has 27 heavy (non-hydrogen) atoms. The van der Waals surface area contributed by atoms with E-state index in [1.54, 1.807) is 6.07 Å². The van der Waals surface area contributed by atoms with Crippen molar-refractivity contribution in [2.24, 2.45) is 5.92 Å². The maximum absolute atomic E-state index is 12.5. The Kier molecular flexibility index (Phi) is 5.85. The molecule has 1 N–H and O–H groups in total. The highest BCUT2D eigenvalue weighted by Gasteiger charge is 2.33. The maximum Gasteiger partial charge on any atom is 0.307 e. The number of aryl methyl sites for hydroxylation is 1. The van der Waals surface area contributed by atoms with Crippen LogP contribution in [0.15, 0.2) is 36.4 Å². The van der Waals surface area contributed by atoms with E-state index in [-0.39, 0.29) is 18.2 Å². The van der Waals surface area contributed by atoms with Gasteiger partial charge in [-0.1, -0.05) is 41.4 Å². The molecule has 0 bridgehead atoms. The van der Waals surface area contributed by atoms with E-state index in [0.717, 1.165) is 35.1 Å². The average Bonchev–Trinajstić information content (AvgIpc) is 3.43. The number of carboxylic acid groups (broad SMARTS) is 1. The molecule has 0 saturated heterocycles. The van der Waals surface area contributed by atoms with E-state index >= 15 is 0 Å². The molecule has 0 heterocycles. The van der Waals surface area contributed by atoms with Crippen molar-refractivity contribution in [3.63, 3.8) is 0 Å². The monoisotopic (exact) mass is 385 g/mol. The Labute approximate surface area is 164 Å². The summed E-state index contributed by atoms with van der Waals surface area (Å²) in [5.74, 6) is -0.478. The minimum atomic E-state index is -0.889. The second-order valence-electron chi connectivity index (χ2n) is 7.21. The number of rotatable bonds is 7. The number of halogens is 1. The second kappa shape index (κ2) is 8.13. The van der Waals surface area contributed by atoms with E-state index < -0.39 is 5.97 Å². The molecule has 3 rings (SSSR count). The highest BCUT2D eigenvalue weighted by Crippen LogP contribution is 2.33. The molecule has 1 fully saturated rings. The third-order valence-corrected chi connectivity index (χ3v) is 5.08. The Morgan fingerprint density at radius 1 is 1.19 bits per heavy atom. The lowest BCUT2D eigenvalue weighted by molar-refractivity contribution is -0.136. The van der Waals surface area contributed by atoms with Gasteiger partial charge in [0.05, 0.1) is 6.42 Å². The summed E-state index contributed by atoms with van der Waals surface area (Å²) in [6, 6.07) is 11.5. The van der Waals surface area contributed by atoms with Gasteiger partial charge >= 0.3 is 5.97 Å². The number of aliphatic carboxylic acids is 1. The number of hydrogen-bond donors (Lipinski definition) is 1. The number of carbonyl (C=O) groups is 2. The lowest BCUT2D eigenvalue weighted by Gasteiger charge is -2.23. The van der Waals surface area contributed by atoms with Crippen LogP contribution < -0.4 is 0 Å². The molecule has 1 aliphatic rings. The lowest BCUT2D eigenvalue weighted by Crippen LogP contribution is -2.31. The van der Waals surface area contributed by atoms with Crippen LogP contribution in [0.25, 0.3) is 11.1 Å². The van der Waals surface area contributed by atoms with Crippen LogP contribution in [-0.4, -0.2) is 28.4 Å². The minimum Gasteiger partial charge on any atom is -0.481 e. The molecule has 4 nitrogen and oxygen atoms in total.